The molecule has 9 nitrogen and oxygen atoms in total. The van der Waals surface area contributed by atoms with E-state index in [1.807, 2.05) is 24.3 Å². The molecule has 0 aliphatic rings. The molecule has 0 bridgehead atoms. The Morgan fingerprint density at radius 1 is 1.03 bits per heavy atom. The number of benzene rings is 2. The fourth-order valence-corrected chi connectivity index (χ4v) is 3.89. The van der Waals surface area contributed by atoms with Crippen LogP contribution in [0, 0.1) is 12.3 Å². The van der Waals surface area contributed by atoms with E-state index in [0.717, 1.165) is 24.5 Å². The van der Waals surface area contributed by atoms with E-state index >= 15 is 0 Å². The highest BCUT2D eigenvalue weighted by Gasteiger charge is 2.16. The lowest BCUT2D eigenvalue weighted by Crippen LogP contribution is -2.28. The van der Waals surface area contributed by atoms with Gasteiger partial charge in [-0.05, 0) is 50.5 Å². The Morgan fingerprint density at radius 3 is 2.43 bits per heavy atom. The molecule has 0 saturated carbocycles. The van der Waals surface area contributed by atoms with Crippen LogP contribution in [0.5, 0.6) is 11.5 Å². The van der Waals surface area contributed by atoms with Gasteiger partial charge in [0.05, 0.1) is 25.3 Å². The number of anilines is 3. The molecule has 2 heterocycles. The number of hydrogen-bond acceptors (Lipinski definition) is 8. The van der Waals surface area contributed by atoms with E-state index in [-0.39, 0.29) is 5.56 Å². The number of pyridine rings is 1. The molecule has 2 aromatic heterocycles. The largest absolute Gasteiger partial charge is 0.497 e. The summed E-state index contributed by atoms with van der Waals surface area (Å²) in [6, 6.07) is 14.6. The Kier molecular flexibility index (Phi) is 7.60. The highest BCUT2D eigenvalue weighted by molar-refractivity contribution is 5.84. The molecule has 4 rings (SSSR count). The number of terminal acetylenes is 1. The summed E-state index contributed by atoms with van der Waals surface area (Å²) >= 11 is 0. The van der Waals surface area contributed by atoms with Gasteiger partial charge in [0.2, 0.25) is 5.95 Å². The zero-order chi connectivity index (χ0) is 26.5. The van der Waals surface area contributed by atoms with Crippen molar-refractivity contribution in [3.8, 4) is 29.5 Å². The number of rotatable bonds is 9. The van der Waals surface area contributed by atoms with E-state index in [0.29, 0.717) is 39.7 Å². The van der Waals surface area contributed by atoms with Gasteiger partial charge < -0.3 is 24.6 Å². The molecule has 0 aliphatic carbocycles. The normalized spacial score (nSPS) is 10.8. The van der Waals surface area contributed by atoms with Crippen LogP contribution in [0.4, 0.5) is 17.3 Å². The van der Waals surface area contributed by atoms with Gasteiger partial charge in [-0.3, -0.25) is 9.36 Å². The number of fused-ring (bicyclic) bond motifs is 1. The number of ether oxygens (including phenoxy) is 2. The Labute approximate surface area is 216 Å². The first-order valence-electron chi connectivity index (χ1n) is 11.7. The first-order chi connectivity index (χ1) is 17.8. The van der Waals surface area contributed by atoms with Gasteiger partial charge in [-0.1, -0.05) is 5.92 Å². The molecule has 1 N–H and O–H groups in total. The summed E-state index contributed by atoms with van der Waals surface area (Å²) in [5.41, 5.74) is 2.87. The van der Waals surface area contributed by atoms with Crippen molar-refractivity contribution in [2.75, 3.05) is 58.7 Å². The van der Waals surface area contributed by atoms with E-state index in [1.54, 1.807) is 31.5 Å². The van der Waals surface area contributed by atoms with E-state index in [9.17, 15) is 4.79 Å². The lowest BCUT2D eigenvalue weighted by atomic mass is 10.1. The summed E-state index contributed by atoms with van der Waals surface area (Å²) in [6.07, 6.45) is 7.31. The van der Waals surface area contributed by atoms with E-state index < -0.39 is 0 Å². The van der Waals surface area contributed by atoms with Crippen LogP contribution in [0.2, 0.25) is 0 Å². The molecule has 37 heavy (non-hydrogen) atoms. The van der Waals surface area contributed by atoms with Crippen LogP contribution in [-0.2, 0) is 0 Å². The smallest absolute Gasteiger partial charge is 0.258 e. The maximum Gasteiger partial charge on any atom is 0.258 e. The molecule has 0 aliphatic heterocycles. The third kappa shape index (κ3) is 5.50. The molecule has 0 fully saturated rings. The molecule has 190 valence electrons. The lowest BCUT2D eigenvalue weighted by molar-refractivity contribution is 0.393. The zero-order valence-electron chi connectivity index (χ0n) is 21.6. The van der Waals surface area contributed by atoms with Gasteiger partial charge in [-0.25, -0.2) is 4.98 Å². The predicted octanol–water partition coefficient (Wildman–Crippen LogP) is 3.52. The maximum absolute atomic E-state index is 13.2. The van der Waals surface area contributed by atoms with Crippen LogP contribution in [-0.4, -0.2) is 67.9 Å². The van der Waals surface area contributed by atoms with Gasteiger partial charge in [-0.15, -0.1) is 6.42 Å². The third-order valence-corrected chi connectivity index (χ3v) is 5.99. The summed E-state index contributed by atoms with van der Waals surface area (Å²) in [4.78, 5) is 26.7. The maximum atomic E-state index is 13.2. The molecule has 0 amide bonds. The van der Waals surface area contributed by atoms with Gasteiger partial charge in [-0.2, -0.15) is 4.98 Å². The minimum absolute atomic E-state index is 0.330. The zero-order valence-corrected chi connectivity index (χ0v) is 21.6. The summed E-state index contributed by atoms with van der Waals surface area (Å²) in [6.45, 7) is 1.87. The monoisotopic (exact) mass is 498 g/mol. The number of aromatic nitrogens is 3. The Morgan fingerprint density at radius 2 is 1.78 bits per heavy atom. The van der Waals surface area contributed by atoms with Gasteiger partial charge in [0.25, 0.3) is 5.56 Å². The second kappa shape index (κ2) is 11.0. The van der Waals surface area contributed by atoms with Gasteiger partial charge in [0.1, 0.15) is 11.5 Å². The number of nitrogens with one attached hydrogen (secondary N) is 1. The molecule has 4 aromatic rings. The van der Waals surface area contributed by atoms with Crippen LogP contribution in [0.3, 0.4) is 0 Å². The average Bonchev–Trinajstić information content (AvgIpc) is 2.91. The molecule has 0 saturated heterocycles. The number of nitrogens with zero attached hydrogens (tertiary/aromatic N) is 5. The van der Waals surface area contributed by atoms with Crippen LogP contribution >= 0.6 is 0 Å². The van der Waals surface area contributed by atoms with Crippen molar-refractivity contribution < 1.29 is 9.47 Å². The fraction of sp³-hybridized carbons (Fsp3) is 0.250. The van der Waals surface area contributed by atoms with Crippen LogP contribution < -0.4 is 25.2 Å². The van der Waals surface area contributed by atoms with Crippen molar-refractivity contribution in [1.29, 1.82) is 0 Å². The van der Waals surface area contributed by atoms with Crippen molar-refractivity contribution in [2.24, 2.45) is 0 Å². The predicted molar refractivity (Wildman–Crippen MR) is 148 cm³/mol. The molecule has 0 radical (unpaired) electrons. The second-order valence-electron chi connectivity index (χ2n) is 8.74. The molecule has 0 unspecified atom stereocenters. The number of likely N-dealkylation sites (N-methyl/N-ethyl adjacent to an activating group) is 2. The summed E-state index contributed by atoms with van der Waals surface area (Å²) < 4.78 is 12.3. The van der Waals surface area contributed by atoms with Crippen LogP contribution in [0.25, 0.3) is 16.7 Å². The summed E-state index contributed by atoms with van der Waals surface area (Å²) in [5.74, 6) is 3.96. The Balaban J connectivity index is 1.73. The van der Waals surface area contributed by atoms with Crippen molar-refractivity contribution in [1.82, 2.24) is 19.4 Å². The quantitative estimate of drug-likeness (QED) is 0.351. The van der Waals surface area contributed by atoms with Crippen LogP contribution in [0.15, 0.2) is 59.5 Å². The SMILES string of the molecule is C#Cc1cc(=O)n(-c2ccc(OC)cc2OC)c2nc(Nc3ccc(N(C)CCN(C)C)cc3)ncc12. The van der Waals surface area contributed by atoms with Crippen molar-refractivity contribution in [3.05, 3.63) is 70.6 Å². The number of methoxy groups -OCH3 is 2. The van der Waals surface area contributed by atoms with Crippen molar-refractivity contribution in [3.63, 3.8) is 0 Å². The second-order valence-corrected chi connectivity index (χ2v) is 8.74. The van der Waals surface area contributed by atoms with Gasteiger partial charge in [0, 0.05) is 55.4 Å². The van der Waals surface area contributed by atoms with Crippen LogP contribution in [0.1, 0.15) is 5.56 Å². The van der Waals surface area contributed by atoms with Gasteiger partial charge >= 0.3 is 0 Å². The third-order valence-electron chi connectivity index (χ3n) is 5.99. The molecular weight excluding hydrogens is 468 g/mol. The molecular formula is C28H30N6O3. The molecule has 0 atom stereocenters. The first-order valence-corrected chi connectivity index (χ1v) is 11.7. The van der Waals surface area contributed by atoms with Crippen molar-refractivity contribution in [2.45, 2.75) is 0 Å². The van der Waals surface area contributed by atoms with E-state index in [2.05, 4.69) is 52.1 Å². The Hall–Kier alpha value is -4.55. The summed E-state index contributed by atoms with van der Waals surface area (Å²) in [7, 11) is 9.28. The number of hydrogen-bond donors (Lipinski definition) is 1. The van der Waals surface area contributed by atoms with E-state index in [4.69, 9.17) is 15.9 Å². The minimum atomic E-state index is -0.335. The highest BCUT2D eigenvalue weighted by Crippen LogP contribution is 2.30. The topological polar surface area (TPSA) is 84.7 Å². The fourth-order valence-electron chi connectivity index (χ4n) is 3.89. The molecule has 0 spiro atoms. The first kappa shape index (κ1) is 25.5. The Bertz CT molecular complexity index is 1510. The van der Waals surface area contributed by atoms with Crippen molar-refractivity contribution >= 4 is 28.4 Å². The highest BCUT2D eigenvalue weighted by atomic mass is 16.5. The standard InChI is InChI=1S/C28H30N6O3/c1-7-19-16-26(35)34(24-13-12-22(36-5)17-25(24)37-6)27-23(19)18-29-28(31-27)30-20-8-10-21(11-9-20)33(4)15-14-32(2)3/h1,8-13,16-18H,14-15H2,2-6H3,(H,29,30,31). The lowest BCUT2D eigenvalue weighted by Gasteiger charge is -2.21. The average molecular weight is 499 g/mol. The molecule has 2 aromatic carbocycles. The van der Waals surface area contributed by atoms with Gasteiger partial charge in [0.15, 0.2) is 5.65 Å². The molecule has 9 heteroatoms. The minimum Gasteiger partial charge on any atom is -0.497 e. The van der Waals surface area contributed by atoms with E-state index in [1.165, 1.54) is 17.7 Å². The summed E-state index contributed by atoms with van der Waals surface area (Å²) in [5, 5.41) is 3.80.